The van der Waals surface area contributed by atoms with Gasteiger partial charge in [-0.1, -0.05) is 17.7 Å². The molecule has 0 aliphatic rings. The van der Waals surface area contributed by atoms with E-state index in [1.165, 1.54) is 31.2 Å². The number of esters is 1. The van der Waals surface area contributed by atoms with Crippen molar-refractivity contribution in [2.75, 3.05) is 18.5 Å². The van der Waals surface area contributed by atoms with Crippen LogP contribution in [0.2, 0.25) is 0 Å². The monoisotopic (exact) mass is 488 g/mol. The van der Waals surface area contributed by atoms with Crippen LogP contribution >= 0.6 is 0 Å². The van der Waals surface area contributed by atoms with Gasteiger partial charge in [-0.15, -0.1) is 0 Å². The number of nitrogens with zero attached hydrogens (tertiary/aromatic N) is 2. The zero-order valence-corrected chi connectivity index (χ0v) is 19.0. The third-order valence-electron chi connectivity index (χ3n) is 4.85. The molecule has 1 heterocycles. The maximum Gasteiger partial charge on any atom is 0.434 e. The summed E-state index contributed by atoms with van der Waals surface area (Å²) in [4.78, 5) is 36.2. The van der Waals surface area contributed by atoms with Gasteiger partial charge in [0.15, 0.2) is 5.69 Å². The first-order valence-corrected chi connectivity index (χ1v) is 10.7. The van der Waals surface area contributed by atoms with Crippen LogP contribution in [0, 0.1) is 6.92 Å². The highest BCUT2D eigenvalue weighted by Crippen LogP contribution is 2.34. The van der Waals surface area contributed by atoms with Crippen molar-refractivity contribution < 1.29 is 32.3 Å². The van der Waals surface area contributed by atoms with E-state index in [1.807, 2.05) is 13.0 Å². The largest absolute Gasteiger partial charge is 0.462 e. The minimum absolute atomic E-state index is 0.000411. The van der Waals surface area contributed by atoms with Crippen LogP contribution in [0.25, 0.3) is 5.69 Å². The normalized spacial score (nSPS) is 11.1. The Hall–Kier alpha value is -4.15. The summed E-state index contributed by atoms with van der Waals surface area (Å²) in [6.45, 7) is 3.38. The summed E-state index contributed by atoms with van der Waals surface area (Å²) in [5, 5.41) is 8.97. The molecule has 0 bridgehead atoms. The number of aromatic nitrogens is 2. The molecule has 35 heavy (non-hydrogen) atoms. The van der Waals surface area contributed by atoms with Gasteiger partial charge in [0.25, 0.3) is 5.91 Å². The zero-order chi connectivity index (χ0) is 25.6. The predicted octanol–water partition coefficient (Wildman–Crippen LogP) is 4.13. The van der Waals surface area contributed by atoms with E-state index >= 15 is 0 Å². The summed E-state index contributed by atoms with van der Waals surface area (Å²) in [6.07, 6.45) is -4.05. The van der Waals surface area contributed by atoms with Gasteiger partial charge in [0.1, 0.15) is 5.56 Å². The number of ether oxygens (including phenoxy) is 1. The van der Waals surface area contributed by atoms with Crippen molar-refractivity contribution in [3.63, 3.8) is 0 Å². The van der Waals surface area contributed by atoms with Crippen LogP contribution in [0.3, 0.4) is 0 Å². The van der Waals surface area contributed by atoms with E-state index in [1.54, 1.807) is 18.2 Å². The SMILES string of the molecule is CCOC(=O)c1cnn(-c2ccc(NC(=O)CCNC(=O)c3cccc(C)c3)cc2)c1C(F)(F)F. The molecule has 11 heteroatoms. The topological polar surface area (TPSA) is 102 Å². The lowest BCUT2D eigenvalue weighted by Crippen LogP contribution is -2.27. The van der Waals surface area contributed by atoms with Gasteiger partial charge in [0, 0.05) is 24.2 Å². The molecule has 0 radical (unpaired) electrons. The van der Waals surface area contributed by atoms with Crippen molar-refractivity contribution in [1.29, 1.82) is 0 Å². The Kier molecular flexibility index (Phi) is 7.90. The molecule has 184 valence electrons. The molecular formula is C24H23F3N4O4. The first-order valence-electron chi connectivity index (χ1n) is 10.7. The number of carbonyl (C=O) groups excluding carboxylic acids is 3. The lowest BCUT2D eigenvalue weighted by atomic mass is 10.1. The average Bonchev–Trinajstić information content (AvgIpc) is 3.26. The second kappa shape index (κ2) is 10.9. The molecule has 2 aromatic carbocycles. The van der Waals surface area contributed by atoms with Gasteiger partial charge in [-0.2, -0.15) is 18.3 Å². The number of amides is 2. The Morgan fingerprint density at radius 3 is 2.43 bits per heavy atom. The summed E-state index contributed by atoms with van der Waals surface area (Å²) in [5.74, 6) is -1.81. The molecule has 0 spiro atoms. The number of anilines is 1. The fourth-order valence-electron chi connectivity index (χ4n) is 3.26. The molecule has 1 aromatic heterocycles. The van der Waals surface area contributed by atoms with Gasteiger partial charge in [0.05, 0.1) is 18.5 Å². The summed E-state index contributed by atoms with van der Waals surface area (Å²) < 4.78 is 46.2. The Balaban J connectivity index is 1.63. The fraction of sp³-hybridized carbons (Fsp3) is 0.250. The average molecular weight is 488 g/mol. The van der Waals surface area contributed by atoms with Crippen LogP contribution in [0.4, 0.5) is 18.9 Å². The fourth-order valence-corrected chi connectivity index (χ4v) is 3.26. The van der Waals surface area contributed by atoms with Gasteiger partial charge in [-0.25, -0.2) is 9.48 Å². The quantitative estimate of drug-likeness (QED) is 0.464. The number of hydrogen-bond donors (Lipinski definition) is 2. The van der Waals surface area contributed by atoms with Gasteiger partial charge in [0.2, 0.25) is 5.91 Å². The van der Waals surface area contributed by atoms with Crippen LogP contribution < -0.4 is 10.6 Å². The molecule has 3 aromatic rings. The van der Waals surface area contributed by atoms with Crippen LogP contribution in [0.1, 0.15) is 45.3 Å². The van der Waals surface area contributed by atoms with Crippen molar-refractivity contribution in [2.45, 2.75) is 26.4 Å². The summed E-state index contributed by atoms with van der Waals surface area (Å²) in [7, 11) is 0. The molecule has 0 unspecified atom stereocenters. The van der Waals surface area contributed by atoms with Gasteiger partial charge in [-0.3, -0.25) is 9.59 Å². The Labute approximate surface area is 199 Å². The van der Waals surface area contributed by atoms with Gasteiger partial charge < -0.3 is 15.4 Å². The number of halogens is 3. The molecule has 8 nitrogen and oxygen atoms in total. The highest BCUT2D eigenvalue weighted by molar-refractivity contribution is 5.95. The van der Waals surface area contributed by atoms with Crippen molar-refractivity contribution >= 4 is 23.5 Å². The number of carbonyl (C=O) groups is 3. The second-order valence-corrected chi connectivity index (χ2v) is 7.51. The Bertz CT molecular complexity index is 1220. The molecule has 0 aliphatic carbocycles. The van der Waals surface area contributed by atoms with Crippen molar-refractivity contribution in [2.24, 2.45) is 0 Å². The summed E-state index contributed by atoms with van der Waals surface area (Å²) in [6, 6.07) is 12.5. The van der Waals surface area contributed by atoms with Crippen molar-refractivity contribution in [3.8, 4) is 5.69 Å². The first-order chi connectivity index (χ1) is 16.6. The number of nitrogens with one attached hydrogen (secondary N) is 2. The number of aryl methyl sites for hydroxylation is 1. The Morgan fingerprint density at radius 2 is 1.80 bits per heavy atom. The van der Waals surface area contributed by atoms with E-state index in [9.17, 15) is 27.6 Å². The molecule has 0 fully saturated rings. The van der Waals surface area contributed by atoms with E-state index in [0.29, 0.717) is 15.9 Å². The summed E-state index contributed by atoms with van der Waals surface area (Å²) in [5.41, 5.74) is -0.134. The number of rotatable bonds is 8. The highest BCUT2D eigenvalue weighted by Gasteiger charge is 2.41. The lowest BCUT2D eigenvalue weighted by Gasteiger charge is -2.13. The molecule has 2 N–H and O–H groups in total. The maximum atomic E-state index is 13.6. The van der Waals surface area contributed by atoms with Gasteiger partial charge in [-0.05, 0) is 50.2 Å². The van der Waals surface area contributed by atoms with E-state index in [0.717, 1.165) is 11.8 Å². The number of alkyl halides is 3. The smallest absolute Gasteiger partial charge is 0.434 e. The lowest BCUT2D eigenvalue weighted by molar-refractivity contribution is -0.143. The minimum atomic E-state index is -4.85. The van der Waals surface area contributed by atoms with E-state index in [-0.39, 0.29) is 37.1 Å². The van der Waals surface area contributed by atoms with E-state index in [2.05, 4.69) is 20.5 Å². The van der Waals surface area contributed by atoms with Crippen LogP contribution in [-0.2, 0) is 15.7 Å². The van der Waals surface area contributed by atoms with E-state index < -0.39 is 23.4 Å². The summed E-state index contributed by atoms with van der Waals surface area (Å²) >= 11 is 0. The molecule has 0 aliphatic heterocycles. The third kappa shape index (κ3) is 6.46. The number of hydrogen-bond acceptors (Lipinski definition) is 5. The van der Waals surface area contributed by atoms with Crippen LogP contribution in [0.15, 0.2) is 54.7 Å². The highest BCUT2D eigenvalue weighted by atomic mass is 19.4. The Morgan fingerprint density at radius 1 is 1.09 bits per heavy atom. The molecule has 2 amide bonds. The second-order valence-electron chi connectivity index (χ2n) is 7.51. The molecule has 3 rings (SSSR count). The van der Waals surface area contributed by atoms with Gasteiger partial charge >= 0.3 is 12.1 Å². The predicted molar refractivity (Wildman–Crippen MR) is 121 cm³/mol. The molecule has 0 saturated heterocycles. The standard InChI is InChI=1S/C24H23F3N4O4/c1-3-35-23(34)19-14-29-31(21(19)24(25,26)27)18-9-7-17(8-10-18)30-20(32)11-12-28-22(33)16-6-4-5-15(2)13-16/h4-10,13-14H,3,11-12H2,1-2H3,(H,28,33)(H,30,32). The van der Waals surface area contributed by atoms with Crippen molar-refractivity contribution in [3.05, 3.63) is 77.1 Å². The molecule has 0 saturated carbocycles. The maximum absolute atomic E-state index is 13.6. The first kappa shape index (κ1) is 25.5. The number of benzene rings is 2. The van der Waals surface area contributed by atoms with E-state index in [4.69, 9.17) is 0 Å². The van der Waals surface area contributed by atoms with Crippen LogP contribution in [0.5, 0.6) is 0 Å². The zero-order valence-electron chi connectivity index (χ0n) is 19.0. The third-order valence-corrected chi connectivity index (χ3v) is 4.85. The van der Waals surface area contributed by atoms with Crippen molar-refractivity contribution in [1.82, 2.24) is 15.1 Å². The van der Waals surface area contributed by atoms with Crippen LogP contribution in [-0.4, -0.2) is 40.7 Å². The minimum Gasteiger partial charge on any atom is -0.462 e. The molecule has 0 atom stereocenters. The molecular weight excluding hydrogens is 465 g/mol.